The predicted octanol–water partition coefficient (Wildman–Crippen LogP) is 4.28. The zero-order valence-corrected chi connectivity index (χ0v) is 13.2. The summed E-state index contributed by atoms with van der Waals surface area (Å²) in [6.07, 6.45) is 3.02. The van der Waals surface area contributed by atoms with E-state index in [4.69, 9.17) is 0 Å². The van der Waals surface area contributed by atoms with Gasteiger partial charge in [0.25, 0.3) is 0 Å². The maximum atomic E-state index is 11.6. The number of alkyl halides is 1. The van der Waals surface area contributed by atoms with E-state index in [0.29, 0.717) is 12.8 Å². The third kappa shape index (κ3) is 2.98. The molecule has 2 aromatic rings. The van der Waals surface area contributed by atoms with Crippen LogP contribution >= 0.6 is 31.9 Å². The van der Waals surface area contributed by atoms with Crippen LogP contribution in [-0.2, 0) is 11.2 Å². The molecular weight excluding hydrogens is 358 g/mol. The lowest BCUT2D eigenvalue weighted by Gasteiger charge is -2.10. The van der Waals surface area contributed by atoms with E-state index >= 15 is 0 Å². The number of fused-ring (bicyclic) bond motifs is 1. The monoisotopic (exact) mass is 369 g/mol. The quantitative estimate of drug-likeness (QED) is 0.751. The maximum Gasteiger partial charge on any atom is 0.146 e. The lowest BCUT2D eigenvalue weighted by molar-refractivity contribution is -0.118. The van der Waals surface area contributed by atoms with Crippen LogP contribution < -0.4 is 0 Å². The van der Waals surface area contributed by atoms with E-state index in [0.717, 1.165) is 20.9 Å². The Bertz CT molecular complexity index is 583. The molecule has 0 amide bonds. The first kappa shape index (κ1) is 13.7. The molecule has 4 heteroatoms. The van der Waals surface area contributed by atoms with Crippen molar-refractivity contribution in [1.82, 2.24) is 4.98 Å². The van der Waals surface area contributed by atoms with Crippen molar-refractivity contribution in [3.05, 3.63) is 40.5 Å². The molecule has 2 rings (SSSR count). The van der Waals surface area contributed by atoms with Gasteiger partial charge in [-0.05, 0) is 34.0 Å². The fourth-order valence-corrected chi connectivity index (χ4v) is 2.91. The number of hydrogen-bond donors (Lipinski definition) is 0. The minimum atomic E-state index is -0.126. The summed E-state index contributed by atoms with van der Waals surface area (Å²) in [7, 11) is 0. The molecule has 94 valence electrons. The van der Waals surface area contributed by atoms with Gasteiger partial charge in [-0.15, -0.1) is 0 Å². The van der Waals surface area contributed by atoms with Crippen molar-refractivity contribution >= 4 is 48.5 Å². The summed E-state index contributed by atoms with van der Waals surface area (Å²) < 4.78 is 0.965. The minimum Gasteiger partial charge on any atom is -0.298 e. The summed E-state index contributed by atoms with van der Waals surface area (Å²) in [5, 5.41) is 1.09. The largest absolute Gasteiger partial charge is 0.298 e. The first-order chi connectivity index (χ1) is 8.61. The molecular formula is C14H13Br2NO. The van der Waals surface area contributed by atoms with Gasteiger partial charge in [0.05, 0.1) is 10.3 Å². The van der Waals surface area contributed by atoms with Gasteiger partial charge in [0.15, 0.2) is 0 Å². The number of nitrogens with zero attached hydrogens (tertiary/aromatic N) is 1. The van der Waals surface area contributed by atoms with Crippen LogP contribution in [0.25, 0.3) is 10.9 Å². The predicted molar refractivity (Wildman–Crippen MR) is 81.2 cm³/mol. The van der Waals surface area contributed by atoms with Crippen molar-refractivity contribution < 1.29 is 4.79 Å². The van der Waals surface area contributed by atoms with Crippen LogP contribution in [-0.4, -0.2) is 15.6 Å². The fourth-order valence-electron chi connectivity index (χ4n) is 1.89. The number of carbonyl (C=O) groups is 1. The lowest BCUT2D eigenvalue weighted by atomic mass is 10.0. The second-order valence-corrected chi connectivity index (χ2v) is 6.15. The van der Waals surface area contributed by atoms with Crippen LogP contribution in [0.4, 0.5) is 0 Å². The van der Waals surface area contributed by atoms with Crippen molar-refractivity contribution in [2.24, 2.45) is 0 Å². The number of benzene rings is 1. The summed E-state index contributed by atoms with van der Waals surface area (Å²) in [6, 6.07) is 8.10. The first-order valence-electron chi connectivity index (χ1n) is 5.81. The van der Waals surface area contributed by atoms with Crippen LogP contribution in [0.5, 0.6) is 0 Å². The molecule has 1 atom stereocenters. The standard InChI is InChI=1S/C14H13Br2NO/c1-2-13(18)12(16)7-10-5-3-4-9-6-11(15)8-17-14(9)10/h3-6,8,12H,2,7H2,1H3. The Kier molecular flexibility index (Phi) is 4.51. The highest BCUT2D eigenvalue weighted by molar-refractivity contribution is 9.10. The number of aromatic nitrogens is 1. The molecule has 0 fully saturated rings. The number of Topliss-reactive ketones (excluding diaryl/α,β-unsaturated/α-hetero) is 1. The van der Waals surface area contributed by atoms with E-state index in [1.54, 1.807) is 6.20 Å². The van der Waals surface area contributed by atoms with Gasteiger partial charge < -0.3 is 0 Å². The second-order valence-electron chi connectivity index (χ2n) is 4.13. The maximum absolute atomic E-state index is 11.6. The molecule has 0 N–H and O–H groups in total. The number of carbonyl (C=O) groups excluding carboxylic acids is 1. The summed E-state index contributed by atoms with van der Waals surface area (Å²) in [5.74, 6) is 0.226. The van der Waals surface area contributed by atoms with Gasteiger partial charge >= 0.3 is 0 Å². The highest BCUT2D eigenvalue weighted by Crippen LogP contribution is 2.23. The first-order valence-corrected chi connectivity index (χ1v) is 7.52. The second kappa shape index (κ2) is 5.93. The molecule has 0 spiro atoms. The number of hydrogen-bond acceptors (Lipinski definition) is 2. The van der Waals surface area contributed by atoms with Crippen LogP contribution in [0.3, 0.4) is 0 Å². The molecule has 2 nitrogen and oxygen atoms in total. The molecule has 0 bridgehead atoms. The van der Waals surface area contributed by atoms with Gasteiger partial charge in [-0.25, -0.2) is 0 Å². The molecule has 1 aromatic heterocycles. The van der Waals surface area contributed by atoms with Crippen LogP contribution in [0, 0.1) is 0 Å². The number of pyridine rings is 1. The molecule has 18 heavy (non-hydrogen) atoms. The molecule has 0 radical (unpaired) electrons. The molecule has 1 heterocycles. The van der Waals surface area contributed by atoms with Crippen LogP contribution in [0.2, 0.25) is 0 Å². The van der Waals surface area contributed by atoms with E-state index in [9.17, 15) is 4.79 Å². The van der Waals surface area contributed by atoms with Crippen LogP contribution in [0.1, 0.15) is 18.9 Å². The number of rotatable bonds is 4. The normalized spacial score (nSPS) is 12.6. The Morgan fingerprint density at radius 1 is 1.44 bits per heavy atom. The Labute approximate surface area is 123 Å². The SMILES string of the molecule is CCC(=O)C(Br)Cc1cccc2cc(Br)cnc12. The van der Waals surface area contributed by atoms with E-state index in [1.165, 1.54) is 0 Å². The smallest absolute Gasteiger partial charge is 0.146 e. The Balaban J connectivity index is 2.36. The Morgan fingerprint density at radius 2 is 2.22 bits per heavy atom. The van der Waals surface area contributed by atoms with Gasteiger partial charge in [-0.1, -0.05) is 41.1 Å². The lowest BCUT2D eigenvalue weighted by Crippen LogP contribution is -2.15. The number of halogens is 2. The molecule has 1 aromatic carbocycles. The van der Waals surface area contributed by atoms with Crippen molar-refractivity contribution in [2.75, 3.05) is 0 Å². The molecule has 0 saturated carbocycles. The summed E-state index contributed by atoms with van der Waals surface area (Å²) in [6.45, 7) is 1.88. The van der Waals surface area contributed by atoms with Crippen molar-refractivity contribution in [3.63, 3.8) is 0 Å². The van der Waals surface area contributed by atoms with Gasteiger partial charge in [0, 0.05) is 22.5 Å². The molecule has 0 aliphatic carbocycles. The van der Waals surface area contributed by atoms with Gasteiger partial charge in [-0.3, -0.25) is 9.78 Å². The van der Waals surface area contributed by atoms with E-state index in [2.05, 4.69) is 36.8 Å². The topological polar surface area (TPSA) is 30.0 Å². The van der Waals surface area contributed by atoms with E-state index in [1.807, 2.05) is 31.2 Å². The molecule has 0 saturated heterocycles. The summed E-state index contributed by atoms with van der Waals surface area (Å²) in [5.41, 5.74) is 2.07. The van der Waals surface area contributed by atoms with Crippen molar-refractivity contribution in [3.8, 4) is 0 Å². The van der Waals surface area contributed by atoms with Crippen molar-refractivity contribution in [2.45, 2.75) is 24.6 Å². The third-order valence-electron chi connectivity index (χ3n) is 2.86. The molecule has 0 aliphatic rings. The average molecular weight is 371 g/mol. The number of ketones is 1. The average Bonchev–Trinajstić information content (AvgIpc) is 2.37. The van der Waals surface area contributed by atoms with Crippen molar-refractivity contribution in [1.29, 1.82) is 0 Å². The minimum absolute atomic E-state index is 0.126. The molecule has 1 unspecified atom stereocenters. The third-order valence-corrected chi connectivity index (χ3v) is 4.13. The van der Waals surface area contributed by atoms with Gasteiger partial charge in [-0.2, -0.15) is 0 Å². The summed E-state index contributed by atoms with van der Waals surface area (Å²) >= 11 is 6.87. The fraction of sp³-hybridized carbons (Fsp3) is 0.286. The zero-order chi connectivity index (χ0) is 13.1. The Morgan fingerprint density at radius 3 is 2.94 bits per heavy atom. The van der Waals surface area contributed by atoms with E-state index < -0.39 is 0 Å². The highest BCUT2D eigenvalue weighted by Gasteiger charge is 2.15. The number of para-hydroxylation sites is 1. The Hall–Kier alpha value is -0.740. The van der Waals surface area contributed by atoms with Gasteiger partial charge in [0.1, 0.15) is 5.78 Å². The zero-order valence-electron chi connectivity index (χ0n) is 9.99. The van der Waals surface area contributed by atoms with Crippen LogP contribution in [0.15, 0.2) is 34.9 Å². The molecule has 0 aliphatic heterocycles. The summed E-state index contributed by atoms with van der Waals surface area (Å²) in [4.78, 5) is 15.9. The van der Waals surface area contributed by atoms with Gasteiger partial charge in [0.2, 0.25) is 0 Å². The van der Waals surface area contributed by atoms with E-state index in [-0.39, 0.29) is 10.6 Å². The highest BCUT2D eigenvalue weighted by atomic mass is 79.9.